The second-order valence-electron chi connectivity index (χ2n) is 5.43. The van der Waals surface area contributed by atoms with Gasteiger partial charge in [-0.2, -0.15) is 5.10 Å². The molecule has 20 heavy (non-hydrogen) atoms. The molecule has 2 aromatic rings. The maximum Gasteiger partial charge on any atom is 0.155 e. The van der Waals surface area contributed by atoms with E-state index in [0.717, 1.165) is 36.7 Å². The van der Waals surface area contributed by atoms with Crippen molar-refractivity contribution in [3.63, 3.8) is 0 Å². The van der Waals surface area contributed by atoms with E-state index in [1.165, 1.54) is 5.56 Å². The summed E-state index contributed by atoms with van der Waals surface area (Å²) in [6.45, 7) is 11.6. The van der Waals surface area contributed by atoms with Gasteiger partial charge in [0.2, 0.25) is 0 Å². The highest BCUT2D eigenvalue weighted by Crippen LogP contribution is 2.17. The van der Waals surface area contributed by atoms with Gasteiger partial charge in [0.05, 0.1) is 5.69 Å². The Morgan fingerprint density at radius 3 is 2.85 bits per heavy atom. The Bertz CT molecular complexity index is 575. The highest BCUT2D eigenvalue weighted by Gasteiger charge is 2.12. The normalized spacial score (nSPS) is 13.3. The van der Waals surface area contributed by atoms with E-state index in [0.29, 0.717) is 0 Å². The zero-order valence-electron chi connectivity index (χ0n) is 13.1. The number of nitrogens with zero attached hydrogens (tertiary/aromatic N) is 4. The Morgan fingerprint density at radius 2 is 2.15 bits per heavy atom. The lowest BCUT2D eigenvalue weighted by Crippen LogP contribution is -2.31. The Kier molecular flexibility index (Phi) is 4.73. The van der Waals surface area contributed by atoms with E-state index in [9.17, 15) is 0 Å². The fraction of sp³-hybridized carbons (Fsp3) is 0.600. The standard InChI is InChI=1S/C15H25N5/c1-6-19(5)8-7-16-12(3)14-10-17-15-9-11(2)18-20(15)13(14)4/h9-10,12,16H,6-8H2,1-5H3. The first-order chi connectivity index (χ1) is 9.52. The van der Waals surface area contributed by atoms with E-state index < -0.39 is 0 Å². The molecule has 1 atom stereocenters. The molecule has 1 N–H and O–H groups in total. The summed E-state index contributed by atoms with van der Waals surface area (Å²) in [5.41, 5.74) is 4.29. The molecule has 0 spiro atoms. The van der Waals surface area contributed by atoms with Crippen molar-refractivity contribution in [3.8, 4) is 0 Å². The van der Waals surface area contributed by atoms with Gasteiger partial charge in [-0.25, -0.2) is 9.50 Å². The summed E-state index contributed by atoms with van der Waals surface area (Å²) in [6, 6.07) is 2.28. The molecule has 0 aromatic carbocycles. The molecule has 0 aliphatic heterocycles. The molecule has 0 fully saturated rings. The number of aryl methyl sites for hydroxylation is 2. The average molecular weight is 275 g/mol. The summed E-state index contributed by atoms with van der Waals surface area (Å²) in [7, 11) is 2.14. The van der Waals surface area contributed by atoms with Crippen LogP contribution < -0.4 is 5.32 Å². The maximum atomic E-state index is 4.50. The van der Waals surface area contributed by atoms with Gasteiger partial charge >= 0.3 is 0 Å². The van der Waals surface area contributed by atoms with E-state index in [-0.39, 0.29) is 6.04 Å². The molecule has 5 heteroatoms. The summed E-state index contributed by atoms with van der Waals surface area (Å²) in [6.07, 6.45) is 1.97. The first kappa shape index (κ1) is 14.9. The second kappa shape index (κ2) is 6.33. The lowest BCUT2D eigenvalue weighted by molar-refractivity contribution is 0.342. The summed E-state index contributed by atoms with van der Waals surface area (Å²) in [4.78, 5) is 6.79. The molecule has 0 amide bonds. The zero-order valence-corrected chi connectivity index (χ0v) is 13.1. The van der Waals surface area contributed by atoms with Gasteiger partial charge in [-0.3, -0.25) is 0 Å². The molecular weight excluding hydrogens is 250 g/mol. The Balaban J connectivity index is 2.09. The van der Waals surface area contributed by atoms with Crippen molar-refractivity contribution in [2.75, 3.05) is 26.7 Å². The van der Waals surface area contributed by atoms with Gasteiger partial charge in [0, 0.05) is 42.7 Å². The van der Waals surface area contributed by atoms with Crippen LogP contribution >= 0.6 is 0 Å². The van der Waals surface area contributed by atoms with E-state index in [2.05, 4.69) is 48.1 Å². The van der Waals surface area contributed by atoms with Crippen LogP contribution in [0.4, 0.5) is 0 Å². The van der Waals surface area contributed by atoms with E-state index in [4.69, 9.17) is 0 Å². The first-order valence-corrected chi connectivity index (χ1v) is 7.26. The molecule has 0 bridgehead atoms. The Morgan fingerprint density at radius 1 is 1.40 bits per heavy atom. The molecule has 0 saturated heterocycles. The lowest BCUT2D eigenvalue weighted by Gasteiger charge is -2.19. The number of likely N-dealkylation sites (N-methyl/N-ethyl adjacent to an activating group) is 1. The third-order valence-electron chi connectivity index (χ3n) is 3.83. The molecule has 0 radical (unpaired) electrons. The molecule has 0 saturated carbocycles. The number of hydrogen-bond acceptors (Lipinski definition) is 4. The topological polar surface area (TPSA) is 45.5 Å². The van der Waals surface area contributed by atoms with Crippen LogP contribution in [-0.4, -0.2) is 46.2 Å². The van der Waals surface area contributed by atoms with Crippen LogP contribution in [0.1, 0.15) is 36.8 Å². The lowest BCUT2D eigenvalue weighted by atomic mass is 10.1. The third kappa shape index (κ3) is 3.16. The predicted molar refractivity (Wildman–Crippen MR) is 82.0 cm³/mol. The van der Waals surface area contributed by atoms with Gasteiger partial charge in [0.25, 0.3) is 0 Å². The van der Waals surface area contributed by atoms with Crippen LogP contribution in [0.2, 0.25) is 0 Å². The van der Waals surface area contributed by atoms with Gasteiger partial charge in [-0.1, -0.05) is 6.92 Å². The minimum absolute atomic E-state index is 0.279. The van der Waals surface area contributed by atoms with Gasteiger partial charge in [-0.15, -0.1) is 0 Å². The summed E-state index contributed by atoms with van der Waals surface area (Å²) in [5, 5.41) is 8.05. The van der Waals surface area contributed by atoms with Gasteiger partial charge in [-0.05, 0) is 34.4 Å². The van der Waals surface area contributed by atoms with Crippen LogP contribution in [0.15, 0.2) is 12.3 Å². The molecule has 110 valence electrons. The maximum absolute atomic E-state index is 4.50. The quantitative estimate of drug-likeness (QED) is 0.875. The van der Waals surface area contributed by atoms with Gasteiger partial charge in [0.15, 0.2) is 5.65 Å². The predicted octanol–water partition coefficient (Wildman–Crippen LogP) is 1.95. The van der Waals surface area contributed by atoms with Crippen LogP contribution in [0.3, 0.4) is 0 Å². The molecule has 2 rings (SSSR count). The number of aromatic nitrogens is 3. The highest BCUT2D eigenvalue weighted by molar-refractivity contribution is 5.42. The summed E-state index contributed by atoms with van der Waals surface area (Å²) >= 11 is 0. The smallest absolute Gasteiger partial charge is 0.155 e. The number of hydrogen-bond donors (Lipinski definition) is 1. The Labute approximate surface area is 121 Å². The minimum Gasteiger partial charge on any atom is -0.309 e. The molecule has 0 aliphatic carbocycles. The molecule has 2 heterocycles. The van der Waals surface area contributed by atoms with Crippen molar-refractivity contribution in [1.29, 1.82) is 0 Å². The van der Waals surface area contributed by atoms with Crippen LogP contribution in [0.5, 0.6) is 0 Å². The van der Waals surface area contributed by atoms with Crippen molar-refractivity contribution >= 4 is 5.65 Å². The summed E-state index contributed by atoms with van der Waals surface area (Å²) in [5.74, 6) is 0. The van der Waals surface area contributed by atoms with Crippen molar-refractivity contribution in [3.05, 3.63) is 29.2 Å². The molecule has 2 aromatic heterocycles. The monoisotopic (exact) mass is 275 g/mol. The van der Waals surface area contributed by atoms with Crippen molar-refractivity contribution in [2.24, 2.45) is 0 Å². The fourth-order valence-electron chi connectivity index (χ4n) is 2.34. The van der Waals surface area contributed by atoms with Gasteiger partial charge < -0.3 is 10.2 Å². The van der Waals surface area contributed by atoms with Crippen molar-refractivity contribution < 1.29 is 0 Å². The zero-order chi connectivity index (χ0) is 14.7. The average Bonchev–Trinajstić information content (AvgIpc) is 2.80. The SMILES string of the molecule is CCN(C)CCNC(C)c1cnc2cc(C)nn2c1C. The minimum atomic E-state index is 0.279. The molecule has 5 nitrogen and oxygen atoms in total. The van der Waals surface area contributed by atoms with Crippen LogP contribution in [0.25, 0.3) is 5.65 Å². The molecule has 1 unspecified atom stereocenters. The molecule has 0 aliphatic rings. The summed E-state index contributed by atoms with van der Waals surface area (Å²) < 4.78 is 1.93. The van der Waals surface area contributed by atoms with Crippen LogP contribution in [0, 0.1) is 13.8 Å². The van der Waals surface area contributed by atoms with E-state index in [1.54, 1.807) is 0 Å². The number of nitrogens with one attached hydrogen (secondary N) is 1. The molecular formula is C15H25N5. The first-order valence-electron chi connectivity index (χ1n) is 7.26. The third-order valence-corrected chi connectivity index (χ3v) is 3.83. The van der Waals surface area contributed by atoms with Gasteiger partial charge in [0.1, 0.15) is 0 Å². The number of rotatable bonds is 6. The Hall–Kier alpha value is -1.46. The fourth-order valence-corrected chi connectivity index (χ4v) is 2.34. The van der Waals surface area contributed by atoms with E-state index in [1.807, 2.05) is 23.7 Å². The number of fused-ring (bicyclic) bond motifs is 1. The van der Waals surface area contributed by atoms with Crippen molar-refractivity contribution in [2.45, 2.75) is 33.7 Å². The van der Waals surface area contributed by atoms with Crippen LogP contribution in [-0.2, 0) is 0 Å². The largest absolute Gasteiger partial charge is 0.309 e. The second-order valence-corrected chi connectivity index (χ2v) is 5.43. The van der Waals surface area contributed by atoms with Crippen molar-refractivity contribution in [1.82, 2.24) is 24.8 Å². The highest BCUT2D eigenvalue weighted by atomic mass is 15.3. The van der Waals surface area contributed by atoms with E-state index >= 15 is 0 Å².